The van der Waals surface area contributed by atoms with Gasteiger partial charge in [0.1, 0.15) is 0 Å². The third-order valence-corrected chi connectivity index (χ3v) is 4.48. The van der Waals surface area contributed by atoms with Crippen molar-refractivity contribution < 1.29 is 18.0 Å². The molecular formula is C14H20F3N3OS. The fourth-order valence-electron chi connectivity index (χ4n) is 2.42. The van der Waals surface area contributed by atoms with Gasteiger partial charge in [0.15, 0.2) is 5.13 Å². The Morgan fingerprint density at radius 1 is 1.45 bits per heavy atom. The van der Waals surface area contributed by atoms with E-state index in [-0.39, 0.29) is 11.8 Å². The van der Waals surface area contributed by atoms with Crippen LogP contribution < -0.4 is 5.32 Å². The summed E-state index contributed by atoms with van der Waals surface area (Å²) in [6.45, 7) is 3.75. The van der Waals surface area contributed by atoms with Crippen molar-refractivity contribution in [1.29, 1.82) is 0 Å². The average Bonchev–Trinajstić information content (AvgIpc) is 2.86. The molecule has 1 aliphatic heterocycles. The normalized spacial score (nSPS) is 17.9. The van der Waals surface area contributed by atoms with Gasteiger partial charge in [-0.3, -0.25) is 9.69 Å². The SMILES string of the molecule is CC(C)c1csc(NC(=O)C2CCN(CC(F)(F)F)CC2)n1. The molecule has 1 amide bonds. The Morgan fingerprint density at radius 3 is 2.59 bits per heavy atom. The highest BCUT2D eigenvalue weighted by Gasteiger charge is 2.34. The minimum Gasteiger partial charge on any atom is -0.302 e. The zero-order valence-electron chi connectivity index (χ0n) is 12.6. The second kappa shape index (κ2) is 6.95. The Morgan fingerprint density at radius 2 is 2.09 bits per heavy atom. The first-order valence-electron chi connectivity index (χ1n) is 7.30. The first-order valence-corrected chi connectivity index (χ1v) is 8.18. The highest BCUT2D eigenvalue weighted by atomic mass is 32.1. The number of thiazole rings is 1. The molecule has 2 heterocycles. The van der Waals surface area contributed by atoms with Crippen LogP contribution in [0.25, 0.3) is 0 Å². The number of aromatic nitrogens is 1. The summed E-state index contributed by atoms with van der Waals surface area (Å²) < 4.78 is 37.0. The van der Waals surface area contributed by atoms with Crippen LogP contribution >= 0.6 is 11.3 Å². The molecule has 0 unspecified atom stereocenters. The van der Waals surface area contributed by atoms with Gasteiger partial charge in [0.2, 0.25) is 5.91 Å². The van der Waals surface area contributed by atoms with Gasteiger partial charge in [0, 0.05) is 11.3 Å². The lowest BCUT2D eigenvalue weighted by molar-refractivity contribution is -0.149. The van der Waals surface area contributed by atoms with Crippen molar-refractivity contribution in [2.75, 3.05) is 25.0 Å². The number of rotatable bonds is 4. The van der Waals surface area contributed by atoms with Crippen LogP contribution in [0.1, 0.15) is 38.3 Å². The number of piperidine rings is 1. The minimum absolute atomic E-state index is 0.142. The molecule has 0 saturated carbocycles. The summed E-state index contributed by atoms with van der Waals surface area (Å²) in [6, 6.07) is 0. The molecule has 1 saturated heterocycles. The summed E-state index contributed by atoms with van der Waals surface area (Å²) in [4.78, 5) is 17.8. The van der Waals surface area contributed by atoms with Gasteiger partial charge >= 0.3 is 6.18 Å². The van der Waals surface area contributed by atoms with Crippen LogP contribution in [0.3, 0.4) is 0 Å². The largest absolute Gasteiger partial charge is 0.401 e. The summed E-state index contributed by atoms with van der Waals surface area (Å²) in [5, 5.41) is 5.25. The van der Waals surface area contributed by atoms with Gasteiger partial charge in [-0.15, -0.1) is 11.3 Å². The van der Waals surface area contributed by atoms with E-state index in [1.54, 1.807) is 0 Å². The van der Waals surface area contributed by atoms with Crippen LogP contribution in [0, 0.1) is 5.92 Å². The number of carbonyl (C=O) groups is 1. The van der Waals surface area contributed by atoms with Crippen molar-refractivity contribution in [3.63, 3.8) is 0 Å². The zero-order chi connectivity index (χ0) is 16.3. The summed E-state index contributed by atoms with van der Waals surface area (Å²) in [5.74, 6) is -0.0836. The molecular weight excluding hydrogens is 315 g/mol. The quantitative estimate of drug-likeness (QED) is 0.916. The summed E-state index contributed by atoms with van der Waals surface area (Å²) >= 11 is 1.38. The van der Waals surface area contributed by atoms with Gasteiger partial charge < -0.3 is 5.32 Å². The maximum absolute atomic E-state index is 12.3. The summed E-state index contributed by atoms with van der Waals surface area (Å²) in [5.41, 5.74) is 0.931. The smallest absolute Gasteiger partial charge is 0.302 e. The fourth-order valence-corrected chi connectivity index (χ4v) is 3.30. The summed E-state index contributed by atoms with van der Waals surface area (Å²) in [6.07, 6.45) is -3.28. The Hall–Kier alpha value is -1.15. The highest BCUT2D eigenvalue weighted by molar-refractivity contribution is 7.13. The number of hydrogen-bond acceptors (Lipinski definition) is 4. The molecule has 1 N–H and O–H groups in total. The van der Waals surface area contributed by atoms with Crippen molar-refractivity contribution in [3.8, 4) is 0 Å². The number of nitrogens with zero attached hydrogens (tertiary/aromatic N) is 2. The third-order valence-electron chi connectivity index (χ3n) is 3.70. The van der Waals surface area contributed by atoms with Gasteiger partial charge in [-0.2, -0.15) is 13.2 Å². The van der Waals surface area contributed by atoms with Crippen LogP contribution in [0.15, 0.2) is 5.38 Å². The molecule has 0 spiro atoms. The lowest BCUT2D eigenvalue weighted by Gasteiger charge is -2.31. The van der Waals surface area contributed by atoms with Gasteiger partial charge in [-0.05, 0) is 31.8 Å². The van der Waals surface area contributed by atoms with Gasteiger partial charge in [-0.1, -0.05) is 13.8 Å². The van der Waals surface area contributed by atoms with Gasteiger partial charge in [0.25, 0.3) is 0 Å². The highest BCUT2D eigenvalue weighted by Crippen LogP contribution is 2.25. The molecule has 0 aliphatic carbocycles. The lowest BCUT2D eigenvalue weighted by atomic mass is 9.96. The van der Waals surface area contributed by atoms with Crippen molar-refractivity contribution in [2.45, 2.75) is 38.8 Å². The number of likely N-dealkylation sites (tertiary alicyclic amines) is 1. The Balaban J connectivity index is 1.82. The Bertz CT molecular complexity index is 508. The molecule has 0 bridgehead atoms. The maximum Gasteiger partial charge on any atom is 0.401 e. The molecule has 124 valence electrons. The predicted octanol–water partition coefficient (Wildman–Crippen LogP) is 3.48. The molecule has 0 atom stereocenters. The van der Waals surface area contributed by atoms with E-state index in [0.717, 1.165) is 5.69 Å². The average molecular weight is 335 g/mol. The van der Waals surface area contributed by atoms with Crippen molar-refractivity contribution in [2.24, 2.45) is 5.92 Å². The third kappa shape index (κ3) is 4.95. The topological polar surface area (TPSA) is 45.2 Å². The predicted molar refractivity (Wildman–Crippen MR) is 80.1 cm³/mol. The van der Waals surface area contributed by atoms with E-state index in [1.807, 2.05) is 19.2 Å². The van der Waals surface area contributed by atoms with Gasteiger partial charge in [-0.25, -0.2) is 4.98 Å². The molecule has 22 heavy (non-hydrogen) atoms. The number of alkyl halides is 3. The second-order valence-corrected chi connectivity index (χ2v) is 6.75. The van der Waals surface area contributed by atoms with Crippen LogP contribution in [0.2, 0.25) is 0 Å². The molecule has 1 aliphatic rings. The first kappa shape index (κ1) is 17.2. The van der Waals surface area contributed by atoms with E-state index in [4.69, 9.17) is 0 Å². The molecule has 4 nitrogen and oxygen atoms in total. The number of amides is 1. The Labute approximate surface area is 131 Å². The summed E-state index contributed by atoms with van der Waals surface area (Å²) in [7, 11) is 0. The molecule has 0 aromatic carbocycles. The number of halogens is 3. The van der Waals surface area contributed by atoms with E-state index in [0.29, 0.717) is 37.0 Å². The fraction of sp³-hybridized carbons (Fsp3) is 0.714. The van der Waals surface area contributed by atoms with Crippen molar-refractivity contribution in [3.05, 3.63) is 11.1 Å². The molecule has 2 rings (SSSR count). The standard InChI is InChI=1S/C14H20F3N3OS/c1-9(2)11-7-22-13(18-11)19-12(21)10-3-5-20(6-4-10)8-14(15,16)17/h7,9-10H,3-6,8H2,1-2H3,(H,18,19,21). The molecule has 0 radical (unpaired) electrons. The molecule has 1 fully saturated rings. The van der Waals surface area contributed by atoms with Crippen LogP contribution in [-0.2, 0) is 4.79 Å². The number of carbonyl (C=O) groups excluding carboxylic acids is 1. The van der Waals surface area contributed by atoms with Gasteiger partial charge in [0.05, 0.1) is 12.2 Å². The van der Waals surface area contributed by atoms with Crippen molar-refractivity contribution >= 4 is 22.4 Å². The molecule has 1 aromatic heterocycles. The van der Waals surface area contributed by atoms with E-state index in [1.165, 1.54) is 16.2 Å². The van der Waals surface area contributed by atoms with Crippen LogP contribution in [0.5, 0.6) is 0 Å². The van der Waals surface area contributed by atoms with Crippen LogP contribution in [0.4, 0.5) is 18.3 Å². The number of anilines is 1. The monoisotopic (exact) mass is 335 g/mol. The number of hydrogen-bond donors (Lipinski definition) is 1. The molecule has 8 heteroatoms. The van der Waals surface area contributed by atoms with Crippen LogP contribution in [-0.4, -0.2) is 41.6 Å². The molecule has 1 aromatic rings. The maximum atomic E-state index is 12.3. The minimum atomic E-state index is -4.18. The number of nitrogens with one attached hydrogen (secondary N) is 1. The first-order chi connectivity index (χ1) is 10.2. The van der Waals surface area contributed by atoms with E-state index in [9.17, 15) is 18.0 Å². The zero-order valence-corrected chi connectivity index (χ0v) is 13.4. The van der Waals surface area contributed by atoms with E-state index < -0.39 is 12.7 Å². The van der Waals surface area contributed by atoms with E-state index in [2.05, 4.69) is 10.3 Å². The lowest BCUT2D eigenvalue weighted by Crippen LogP contribution is -2.42. The van der Waals surface area contributed by atoms with E-state index >= 15 is 0 Å². The Kier molecular flexibility index (Phi) is 5.44. The second-order valence-electron chi connectivity index (χ2n) is 5.89. The van der Waals surface area contributed by atoms with Crippen molar-refractivity contribution in [1.82, 2.24) is 9.88 Å².